The van der Waals surface area contributed by atoms with Crippen molar-refractivity contribution in [2.24, 2.45) is 5.92 Å². The summed E-state index contributed by atoms with van der Waals surface area (Å²) in [6.07, 6.45) is 3.85. The van der Waals surface area contributed by atoms with Gasteiger partial charge < -0.3 is 15.4 Å². The standard InChI is InChI=1S/C15H21N3O/c1-2-15(17)18-9-3-4-12(10-18)11-19-14-7-5-13(16)6-8-14/h2,5-8,12,17H,1,3-4,9-11,16H2. The van der Waals surface area contributed by atoms with Gasteiger partial charge in [-0.05, 0) is 43.2 Å². The summed E-state index contributed by atoms with van der Waals surface area (Å²) in [6.45, 7) is 6.16. The summed E-state index contributed by atoms with van der Waals surface area (Å²) in [5, 5.41) is 7.79. The van der Waals surface area contributed by atoms with Gasteiger partial charge in [0.05, 0.1) is 6.61 Å². The van der Waals surface area contributed by atoms with Crippen LogP contribution in [0.5, 0.6) is 5.75 Å². The summed E-state index contributed by atoms with van der Waals surface area (Å²) in [4.78, 5) is 2.06. The van der Waals surface area contributed by atoms with Gasteiger partial charge in [0.2, 0.25) is 0 Å². The second-order valence-electron chi connectivity index (χ2n) is 4.92. The molecule has 4 nitrogen and oxygen atoms in total. The highest BCUT2D eigenvalue weighted by Crippen LogP contribution is 2.19. The zero-order valence-electron chi connectivity index (χ0n) is 11.1. The molecule has 1 heterocycles. The van der Waals surface area contributed by atoms with Gasteiger partial charge in [0.15, 0.2) is 0 Å². The van der Waals surface area contributed by atoms with E-state index in [0.29, 0.717) is 18.4 Å². The van der Waals surface area contributed by atoms with Crippen LogP contribution in [0, 0.1) is 11.3 Å². The molecule has 1 saturated heterocycles. The molecule has 3 N–H and O–H groups in total. The molecule has 0 saturated carbocycles. The van der Waals surface area contributed by atoms with Gasteiger partial charge in [-0.3, -0.25) is 5.41 Å². The molecule has 0 bridgehead atoms. The summed E-state index contributed by atoms with van der Waals surface area (Å²) in [6, 6.07) is 7.47. The van der Waals surface area contributed by atoms with Crippen molar-refractivity contribution in [1.29, 1.82) is 5.41 Å². The maximum atomic E-state index is 7.79. The van der Waals surface area contributed by atoms with E-state index < -0.39 is 0 Å². The van der Waals surface area contributed by atoms with Crippen LogP contribution in [0.1, 0.15) is 12.8 Å². The van der Waals surface area contributed by atoms with Gasteiger partial charge in [0.25, 0.3) is 0 Å². The second kappa shape index (κ2) is 6.27. The fourth-order valence-corrected chi connectivity index (χ4v) is 2.33. The number of benzene rings is 1. The highest BCUT2D eigenvalue weighted by molar-refractivity contribution is 5.89. The Bertz CT molecular complexity index is 441. The van der Waals surface area contributed by atoms with Crippen molar-refractivity contribution in [2.45, 2.75) is 12.8 Å². The number of likely N-dealkylation sites (tertiary alicyclic amines) is 1. The second-order valence-corrected chi connectivity index (χ2v) is 4.92. The molecule has 102 valence electrons. The average Bonchev–Trinajstić information content (AvgIpc) is 2.46. The molecule has 1 aromatic rings. The summed E-state index contributed by atoms with van der Waals surface area (Å²) >= 11 is 0. The van der Waals surface area contributed by atoms with Crippen molar-refractivity contribution in [3.63, 3.8) is 0 Å². The van der Waals surface area contributed by atoms with Crippen molar-refractivity contribution < 1.29 is 4.74 Å². The van der Waals surface area contributed by atoms with Gasteiger partial charge in [-0.25, -0.2) is 0 Å². The lowest BCUT2D eigenvalue weighted by Gasteiger charge is -2.33. The normalized spacial score (nSPS) is 18.9. The summed E-state index contributed by atoms with van der Waals surface area (Å²) in [5.74, 6) is 1.83. The number of hydrogen-bond acceptors (Lipinski definition) is 3. The van der Waals surface area contributed by atoms with Crippen LogP contribution < -0.4 is 10.5 Å². The Labute approximate surface area is 114 Å². The lowest BCUT2D eigenvalue weighted by atomic mass is 9.99. The first kappa shape index (κ1) is 13.5. The number of ether oxygens (including phenoxy) is 1. The van der Waals surface area contributed by atoms with Crippen molar-refractivity contribution in [3.8, 4) is 5.75 Å². The van der Waals surface area contributed by atoms with Gasteiger partial charge >= 0.3 is 0 Å². The molecular weight excluding hydrogens is 238 g/mol. The fourth-order valence-electron chi connectivity index (χ4n) is 2.33. The van der Waals surface area contributed by atoms with Crippen molar-refractivity contribution in [3.05, 3.63) is 36.9 Å². The van der Waals surface area contributed by atoms with Crippen LogP contribution >= 0.6 is 0 Å². The zero-order valence-corrected chi connectivity index (χ0v) is 11.1. The number of rotatable bonds is 4. The Kier molecular flexibility index (Phi) is 4.44. The van der Waals surface area contributed by atoms with E-state index in [2.05, 4.69) is 11.5 Å². The first-order valence-electron chi connectivity index (χ1n) is 6.63. The molecule has 0 amide bonds. The third kappa shape index (κ3) is 3.74. The van der Waals surface area contributed by atoms with Crippen molar-refractivity contribution in [1.82, 2.24) is 4.90 Å². The third-order valence-corrected chi connectivity index (χ3v) is 3.42. The van der Waals surface area contributed by atoms with Crippen molar-refractivity contribution in [2.75, 3.05) is 25.4 Å². The molecular formula is C15H21N3O. The molecule has 1 unspecified atom stereocenters. The minimum absolute atomic E-state index is 0.464. The van der Waals surface area contributed by atoms with Crippen LogP contribution in [0.3, 0.4) is 0 Å². The Morgan fingerprint density at radius 3 is 2.89 bits per heavy atom. The topological polar surface area (TPSA) is 62.3 Å². The summed E-state index contributed by atoms with van der Waals surface area (Å²) in [5.41, 5.74) is 6.38. The first-order chi connectivity index (χ1) is 9.19. The van der Waals surface area contributed by atoms with E-state index in [9.17, 15) is 0 Å². The molecule has 0 aromatic heterocycles. The minimum Gasteiger partial charge on any atom is -0.493 e. The summed E-state index contributed by atoms with van der Waals surface area (Å²) < 4.78 is 5.78. The van der Waals surface area contributed by atoms with Crippen LogP contribution in [-0.2, 0) is 0 Å². The minimum atomic E-state index is 0.464. The van der Waals surface area contributed by atoms with Gasteiger partial charge in [-0.1, -0.05) is 6.58 Å². The van der Waals surface area contributed by atoms with E-state index >= 15 is 0 Å². The van der Waals surface area contributed by atoms with Gasteiger partial charge in [-0.2, -0.15) is 0 Å². The smallest absolute Gasteiger partial charge is 0.119 e. The largest absolute Gasteiger partial charge is 0.493 e. The number of anilines is 1. The Morgan fingerprint density at radius 1 is 1.47 bits per heavy atom. The van der Waals surface area contributed by atoms with E-state index in [1.807, 2.05) is 24.3 Å². The van der Waals surface area contributed by atoms with Crippen LogP contribution in [0.2, 0.25) is 0 Å². The van der Waals surface area contributed by atoms with Crippen LogP contribution in [0.4, 0.5) is 5.69 Å². The SMILES string of the molecule is C=CC(=N)N1CCCC(COc2ccc(N)cc2)C1. The molecule has 1 aromatic carbocycles. The monoisotopic (exact) mass is 259 g/mol. The Morgan fingerprint density at radius 2 is 2.21 bits per heavy atom. The number of nitrogen functional groups attached to an aromatic ring is 1. The highest BCUT2D eigenvalue weighted by atomic mass is 16.5. The van der Waals surface area contributed by atoms with E-state index in [0.717, 1.165) is 37.4 Å². The number of nitrogens with zero attached hydrogens (tertiary/aromatic N) is 1. The van der Waals surface area contributed by atoms with E-state index in [4.69, 9.17) is 15.9 Å². The molecule has 1 atom stereocenters. The number of piperidine rings is 1. The van der Waals surface area contributed by atoms with Gasteiger partial charge in [-0.15, -0.1) is 0 Å². The molecule has 2 rings (SSSR count). The lowest BCUT2D eigenvalue weighted by molar-refractivity contribution is 0.175. The van der Waals surface area contributed by atoms with E-state index in [1.54, 1.807) is 6.08 Å². The first-order valence-corrected chi connectivity index (χ1v) is 6.63. The molecule has 1 aliphatic rings. The third-order valence-electron chi connectivity index (χ3n) is 3.42. The molecule has 0 aliphatic carbocycles. The highest BCUT2D eigenvalue weighted by Gasteiger charge is 2.21. The fraction of sp³-hybridized carbons (Fsp3) is 0.400. The van der Waals surface area contributed by atoms with Crippen molar-refractivity contribution >= 4 is 11.5 Å². The molecule has 4 heteroatoms. The van der Waals surface area contributed by atoms with Crippen LogP contribution in [0.25, 0.3) is 0 Å². The predicted octanol–water partition coefficient (Wildman–Crippen LogP) is 2.52. The summed E-state index contributed by atoms with van der Waals surface area (Å²) in [7, 11) is 0. The number of amidine groups is 1. The Balaban J connectivity index is 1.84. The van der Waals surface area contributed by atoms with Crippen LogP contribution in [0.15, 0.2) is 36.9 Å². The molecule has 1 fully saturated rings. The maximum Gasteiger partial charge on any atom is 0.119 e. The lowest BCUT2D eigenvalue weighted by Crippen LogP contribution is -2.40. The van der Waals surface area contributed by atoms with E-state index in [-0.39, 0.29) is 0 Å². The van der Waals surface area contributed by atoms with Gasteiger partial charge in [0, 0.05) is 24.7 Å². The quantitative estimate of drug-likeness (QED) is 0.496. The van der Waals surface area contributed by atoms with E-state index in [1.165, 1.54) is 0 Å². The number of hydrogen-bond donors (Lipinski definition) is 2. The molecule has 1 aliphatic heterocycles. The average molecular weight is 259 g/mol. The molecule has 0 radical (unpaired) electrons. The Hall–Kier alpha value is -1.97. The molecule has 19 heavy (non-hydrogen) atoms. The number of nitrogens with one attached hydrogen (secondary N) is 1. The predicted molar refractivity (Wildman–Crippen MR) is 78.6 cm³/mol. The molecule has 0 spiro atoms. The van der Waals surface area contributed by atoms with Crippen LogP contribution in [-0.4, -0.2) is 30.4 Å². The number of nitrogens with two attached hydrogens (primary N) is 1. The van der Waals surface area contributed by atoms with Gasteiger partial charge in [0.1, 0.15) is 11.6 Å². The maximum absolute atomic E-state index is 7.79. The zero-order chi connectivity index (χ0) is 13.7.